The molecule has 0 atom stereocenters. The molecule has 0 saturated carbocycles. The zero-order valence-corrected chi connectivity index (χ0v) is 14.8. The van der Waals surface area contributed by atoms with Crippen molar-refractivity contribution in [1.82, 2.24) is 0 Å². The third-order valence-corrected chi connectivity index (χ3v) is 4.48. The monoisotopic (exact) mass is 361 g/mol. The first-order valence-corrected chi connectivity index (χ1v) is 8.48. The lowest BCUT2D eigenvalue weighted by Gasteiger charge is -2.35. The minimum atomic E-state index is -4.15. The van der Waals surface area contributed by atoms with Crippen LogP contribution in [0.2, 0.25) is 0 Å². The molecule has 0 spiro atoms. The van der Waals surface area contributed by atoms with E-state index in [9.17, 15) is 13.2 Å². The van der Waals surface area contributed by atoms with E-state index >= 15 is 0 Å². The van der Waals surface area contributed by atoms with Crippen molar-refractivity contribution < 1.29 is 27.4 Å². The fourth-order valence-electron chi connectivity index (χ4n) is 3.09. The minimum Gasteiger partial charge on any atom is -0.497 e. The first-order chi connectivity index (χ1) is 11.9. The van der Waals surface area contributed by atoms with E-state index in [0.29, 0.717) is 23.8 Å². The van der Waals surface area contributed by atoms with Gasteiger partial charge in [-0.1, -0.05) is 6.07 Å². The highest BCUT2D eigenvalue weighted by atomic mass is 19.4. The minimum absolute atomic E-state index is 0.0142. The Labute approximate surface area is 146 Å². The van der Waals surface area contributed by atoms with Gasteiger partial charge in [-0.3, -0.25) is 0 Å². The van der Waals surface area contributed by atoms with Crippen molar-refractivity contribution in [3.05, 3.63) is 23.8 Å². The van der Waals surface area contributed by atoms with Crippen LogP contribution in [-0.4, -0.2) is 46.9 Å². The molecule has 25 heavy (non-hydrogen) atoms. The van der Waals surface area contributed by atoms with Gasteiger partial charge in [-0.2, -0.15) is 13.2 Å². The number of ether oxygens (including phenoxy) is 3. The summed E-state index contributed by atoms with van der Waals surface area (Å²) in [4.78, 5) is 2.15. The molecular weight excluding hydrogens is 335 g/mol. The number of anilines is 1. The average molecular weight is 361 g/mol. The number of hydrogen-bond donors (Lipinski definition) is 0. The van der Waals surface area contributed by atoms with Crippen LogP contribution >= 0.6 is 0 Å². The largest absolute Gasteiger partial charge is 0.497 e. The van der Waals surface area contributed by atoms with Crippen LogP contribution in [0.4, 0.5) is 18.9 Å². The van der Waals surface area contributed by atoms with Gasteiger partial charge < -0.3 is 19.1 Å². The molecule has 0 radical (unpaired) electrons. The number of nitrogens with zero attached hydrogens (tertiary/aromatic N) is 1. The Morgan fingerprint density at radius 2 is 1.88 bits per heavy atom. The number of aryl methyl sites for hydroxylation is 1. The summed E-state index contributed by atoms with van der Waals surface area (Å²) >= 11 is 0. The van der Waals surface area contributed by atoms with Crippen molar-refractivity contribution in [3.63, 3.8) is 0 Å². The van der Waals surface area contributed by atoms with Crippen molar-refractivity contribution in [2.75, 3.05) is 45.6 Å². The Morgan fingerprint density at radius 1 is 1.16 bits per heavy atom. The van der Waals surface area contributed by atoms with Crippen LogP contribution < -0.4 is 9.64 Å². The van der Waals surface area contributed by atoms with Gasteiger partial charge in [0, 0.05) is 38.4 Å². The first kappa shape index (κ1) is 19.8. The molecule has 1 aliphatic rings. The maximum absolute atomic E-state index is 12.6. The highest BCUT2D eigenvalue weighted by molar-refractivity contribution is 5.57. The average Bonchev–Trinajstić information content (AvgIpc) is 2.60. The van der Waals surface area contributed by atoms with Crippen LogP contribution in [0.5, 0.6) is 5.75 Å². The van der Waals surface area contributed by atoms with E-state index in [1.165, 1.54) is 0 Å². The smallest absolute Gasteiger partial charge is 0.389 e. The highest BCUT2D eigenvalue weighted by Crippen LogP contribution is 2.32. The number of hydrogen-bond acceptors (Lipinski definition) is 4. The maximum Gasteiger partial charge on any atom is 0.389 e. The van der Waals surface area contributed by atoms with E-state index in [-0.39, 0.29) is 13.2 Å². The third kappa shape index (κ3) is 6.40. The van der Waals surface area contributed by atoms with Gasteiger partial charge in [0.15, 0.2) is 0 Å². The Kier molecular flexibility index (Phi) is 7.38. The molecule has 1 aromatic rings. The van der Waals surface area contributed by atoms with Gasteiger partial charge >= 0.3 is 6.18 Å². The fourth-order valence-corrected chi connectivity index (χ4v) is 3.09. The van der Waals surface area contributed by atoms with Crippen LogP contribution in [0, 0.1) is 5.92 Å². The summed E-state index contributed by atoms with van der Waals surface area (Å²) in [6, 6.07) is 5.31. The standard InChI is InChI=1S/C18H26F3NO3/c1-23-13-25-12-14-6-9-22(10-7-14)17-11-16(24-2)4-3-15(17)5-8-18(19,20)21/h3-4,11,14H,5-10,12-13H2,1-2H3. The van der Waals surface area contributed by atoms with E-state index < -0.39 is 12.6 Å². The van der Waals surface area contributed by atoms with E-state index in [4.69, 9.17) is 14.2 Å². The van der Waals surface area contributed by atoms with Crippen molar-refractivity contribution in [3.8, 4) is 5.75 Å². The summed E-state index contributed by atoms with van der Waals surface area (Å²) in [6.07, 6.45) is -3.09. The molecule has 2 rings (SSSR count). The molecule has 0 aromatic heterocycles. The molecular formula is C18H26F3NO3. The van der Waals surface area contributed by atoms with E-state index in [1.54, 1.807) is 26.4 Å². The second kappa shape index (κ2) is 9.29. The van der Waals surface area contributed by atoms with Gasteiger partial charge in [0.05, 0.1) is 13.7 Å². The number of alkyl halides is 3. The molecule has 0 amide bonds. The second-order valence-electron chi connectivity index (χ2n) is 6.32. The maximum atomic E-state index is 12.6. The number of piperidine rings is 1. The van der Waals surface area contributed by atoms with Gasteiger partial charge in [-0.15, -0.1) is 0 Å². The van der Waals surface area contributed by atoms with Crippen molar-refractivity contribution >= 4 is 5.69 Å². The molecule has 142 valence electrons. The van der Waals surface area contributed by atoms with Gasteiger partial charge in [0.2, 0.25) is 0 Å². The van der Waals surface area contributed by atoms with E-state index in [0.717, 1.165) is 31.6 Å². The van der Waals surface area contributed by atoms with Crippen LogP contribution in [0.25, 0.3) is 0 Å². The van der Waals surface area contributed by atoms with Crippen molar-refractivity contribution in [1.29, 1.82) is 0 Å². The fraction of sp³-hybridized carbons (Fsp3) is 0.667. The van der Waals surface area contributed by atoms with Crippen LogP contribution in [0.3, 0.4) is 0 Å². The lowest BCUT2D eigenvalue weighted by atomic mass is 9.96. The molecule has 4 nitrogen and oxygen atoms in total. The van der Waals surface area contributed by atoms with E-state index in [2.05, 4.69) is 4.90 Å². The third-order valence-electron chi connectivity index (χ3n) is 4.48. The predicted molar refractivity (Wildman–Crippen MR) is 90.1 cm³/mol. The number of rotatable bonds is 8. The topological polar surface area (TPSA) is 30.9 Å². The summed E-state index contributed by atoms with van der Waals surface area (Å²) in [5.74, 6) is 1.12. The number of methoxy groups -OCH3 is 2. The zero-order valence-electron chi connectivity index (χ0n) is 14.8. The summed E-state index contributed by atoms with van der Waals surface area (Å²) in [5, 5.41) is 0. The molecule has 1 fully saturated rings. The lowest BCUT2D eigenvalue weighted by molar-refractivity contribution is -0.133. The van der Waals surface area contributed by atoms with Crippen LogP contribution in [-0.2, 0) is 15.9 Å². The predicted octanol–water partition coefficient (Wildman–Crippen LogP) is 4.03. The Bertz CT molecular complexity index is 529. The van der Waals surface area contributed by atoms with Crippen LogP contribution in [0.1, 0.15) is 24.8 Å². The van der Waals surface area contributed by atoms with Gasteiger partial charge in [-0.05, 0) is 36.8 Å². The lowest BCUT2D eigenvalue weighted by Crippen LogP contribution is -2.35. The number of benzene rings is 1. The molecule has 0 unspecified atom stereocenters. The summed E-state index contributed by atoms with van der Waals surface area (Å²) in [5.41, 5.74) is 1.56. The van der Waals surface area contributed by atoms with Gasteiger partial charge in [0.1, 0.15) is 12.5 Å². The highest BCUT2D eigenvalue weighted by Gasteiger charge is 2.28. The van der Waals surface area contributed by atoms with Crippen molar-refractivity contribution in [2.24, 2.45) is 5.92 Å². The quantitative estimate of drug-likeness (QED) is 0.517. The summed E-state index contributed by atoms with van der Waals surface area (Å²) < 4.78 is 53.3. The molecule has 0 bridgehead atoms. The molecule has 1 aromatic carbocycles. The van der Waals surface area contributed by atoms with E-state index in [1.807, 2.05) is 6.07 Å². The van der Waals surface area contributed by atoms with Gasteiger partial charge in [0.25, 0.3) is 0 Å². The first-order valence-electron chi connectivity index (χ1n) is 8.48. The van der Waals surface area contributed by atoms with Crippen LogP contribution in [0.15, 0.2) is 18.2 Å². The molecule has 0 aliphatic carbocycles. The Balaban J connectivity index is 2.02. The second-order valence-corrected chi connectivity index (χ2v) is 6.32. The molecule has 1 saturated heterocycles. The zero-order chi connectivity index (χ0) is 18.3. The number of halogens is 3. The van der Waals surface area contributed by atoms with Crippen molar-refractivity contribution in [2.45, 2.75) is 31.9 Å². The molecule has 7 heteroatoms. The Morgan fingerprint density at radius 3 is 2.48 bits per heavy atom. The normalized spacial score (nSPS) is 16.3. The Hall–Kier alpha value is -1.47. The molecule has 1 heterocycles. The molecule has 1 aliphatic heterocycles. The summed E-state index contributed by atoms with van der Waals surface area (Å²) in [7, 11) is 3.15. The van der Waals surface area contributed by atoms with Gasteiger partial charge in [-0.25, -0.2) is 0 Å². The summed E-state index contributed by atoms with van der Waals surface area (Å²) in [6.45, 7) is 2.54. The SMILES string of the molecule is COCOCC1CCN(c2cc(OC)ccc2CCC(F)(F)F)CC1. The molecule has 0 N–H and O–H groups in total.